The molecule has 0 radical (unpaired) electrons. The summed E-state index contributed by atoms with van der Waals surface area (Å²) in [5.74, 6) is -0.943. The number of aryl methyl sites for hydroxylation is 1. The molecule has 1 atom stereocenters. The number of allylic oxidation sites excluding steroid dienone is 2. The summed E-state index contributed by atoms with van der Waals surface area (Å²) in [5, 5.41) is 9.26. The maximum atomic E-state index is 12.4. The summed E-state index contributed by atoms with van der Waals surface area (Å²) in [6.45, 7) is 8.46. The van der Waals surface area contributed by atoms with Crippen molar-refractivity contribution in [3.63, 3.8) is 0 Å². The van der Waals surface area contributed by atoms with Crippen molar-refractivity contribution in [2.45, 2.75) is 40.2 Å². The van der Waals surface area contributed by atoms with Gasteiger partial charge in [0.1, 0.15) is 6.04 Å². The Balaban J connectivity index is 2.28. The van der Waals surface area contributed by atoms with Crippen molar-refractivity contribution in [1.29, 1.82) is 0 Å². The van der Waals surface area contributed by atoms with E-state index in [4.69, 9.17) is 0 Å². The fourth-order valence-electron chi connectivity index (χ4n) is 2.82. The van der Waals surface area contributed by atoms with Crippen LogP contribution in [0.25, 0.3) is 0 Å². The van der Waals surface area contributed by atoms with E-state index < -0.39 is 12.0 Å². The molecule has 0 spiro atoms. The van der Waals surface area contributed by atoms with Crippen molar-refractivity contribution >= 4 is 11.8 Å². The number of rotatable bonds is 4. The average Bonchev–Trinajstić information content (AvgIpc) is 2.73. The molecule has 1 aromatic rings. The van der Waals surface area contributed by atoms with Gasteiger partial charge >= 0.3 is 5.97 Å². The number of carboxylic acid groups (broad SMARTS) is 1. The van der Waals surface area contributed by atoms with Gasteiger partial charge in [0, 0.05) is 23.9 Å². The van der Waals surface area contributed by atoms with Gasteiger partial charge in [-0.05, 0) is 25.7 Å². The molecule has 0 bridgehead atoms. The summed E-state index contributed by atoms with van der Waals surface area (Å²) in [7, 11) is 0. The number of likely N-dealkylation sites (tertiary alicyclic amines) is 1. The molecule has 1 aromatic carbocycles. The number of ketones is 1. The fourth-order valence-corrected chi connectivity index (χ4v) is 2.82. The first-order valence-corrected chi connectivity index (χ1v) is 7.51. The minimum atomic E-state index is -0.869. The lowest BCUT2D eigenvalue weighted by Gasteiger charge is -2.26. The molecule has 1 aliphatic heterocycles. The molecule has 4 nitrogen and oxygen atoms in total. The van der Waals surface area contributed by atoms with Gasteiger partial charge in [0.05, 0.1) is 0 Å². The zero-order valence-corrected chi connectivity index (χ0v) is 13.6. The number of aliphatic carboxylic acids is 1. The predicted octanol–water partition coefficient (Wildman–Crippen LogP) is 3.27. The molecule has 1 heterocycles. The summed E-state index contributed by atoms with van der Waals surface area (Å²) in [5.41, 5.74) is 2.52. The van der Waals surface area contributed by atoms with Crippen molar-refractivity contribution in [2.24, 2.45) is 5.41 Å². The number of nitrogens with zero attached hydrogens (tertiary/aromatic N) is 1. The molecule has 0 aliphatic carbocycles. The number of benzene rings is 1. The standard InChI is InChI=1S/C18H23NO3/c1-12-5-7-14(8-6-12)16(20)9-15-10-18(3,4)11-19(15)13(2)17(21)22/h5-9,13H,10-11H2,1-4H3,(H,21,22)/b15-9+. The molecule has 2 rings (SSSR count). The van der Waals surface area contributed by atoms with Crippen LogP contribution in [-0.2, 0) is 4.79 Å². The second-order valence-corrected chi connectivity index (χ2v) is 6.85. The smallest absolute Gasteiger partial charge is 0.326 e. The first-order chi connectivity index (χ1) is 10.2. The molecular formula is C18H23NO3. The Morgan fingerprint density at radius 1 is 1.27 bits per heavy atom. The van der Waals surface area contributed by atoms with Crippen LogP contribution in [-0.4, -0.2) is 34.3 Å². The average molecular weight is 301 g/mol. The van der Waals surface area contributed by atoms with Crippen molar-refractivity contribution < 1.29 is 14.7 Å². The van der Waals surface area contributed by atoms with Crippen molar-refractivity contribution in [3.05, 3.63) is 47.2 Å². The SMILES string of the molecule is Cc1ccc(C(=O)/C=C2\CC(C)(C)CN2C(C)C(=O)O)cc1. The van der Waals surface area contributed by atoms with Gasteiger partial charge in [-0.25, -0.2) is 4.79 Å². The topological polar surface area (TPSA) is 57.6 Å². The van der Waals surface area contributed by atoms with Crippen LogP contribution in [0.5, 0.6) is 0 Å². The molecular weight excluding hydrogens is 278 g/mol. The van der Waals surface area contributed by atoms with Crippen LogP contribution in [0, 0.1) is 12.3 Å². The van der Waals surface area contributed by atoms with Crippen LogP contribution in [0.3, 0.4) is 0 Å². The molecule has 1 N–H and O–H groups in total. The van der Waals surface area contributed by atoms with Crippen LogP contribution in [0.1, 0.15) is 43.1 Å². The van der Waals surface area contributed by atoms with Gasteiger partial charge in [-0.2, -0.15) is 0 Å². The molecule has 0 aromatic heterocycles. The fraction of sp³-hybridized carbons (Fsp3) is 0.444. The molecule has 1 saturated heterocycles. The van der Waals surface area contributed by atoms with E-state index in [1.807, 2.05) is 24.0 Å². The van der Waals surface area contributed by atoms with E-state index in [0.717, 1.165) is 11.3 Å². The number of carbonyl (C=O) groups is 2. The van der Waals surface area contributed by atoms with E-state index in [1.54, 1.807) is 25.1 Å². The van der Waals surface area contributed by atoms with Gasteiger partial charge in [-0.1, -0.05) is 43.7 Å². The summed E-state index contributed by atoms with van der Waals surface area (Å²) < 4.78 is 0. The quantitative estimate of drug-likeness (QED) is 0.685. The summed E-state index contributed by atoms with van der Waals surface area (Å²) in [4.78, 5) is 25.5. The van der Waals surface area contributed by atoms with Gasteiger partial charge in [-0.15, -0.1) is 0 Å². The minimum Gasteiger partial charge on any atom is -0.480 e. The predicted molar refractivity (Wildman–Crippen MR) is 85.8 cm³/mol. The molecule has 0 amide bonds. The number of carboxylic acids is 1. The summed E-state index contributed by atoms with van der Waals surface area (Å²) in [6.07, 6.45) is 2.31. The van der Waals surface area contributed by atoms with E-state index in [1.165, 1.54) is 0 Å². The third kappa shape index (κ3) is 3.56. The Morgan fingerprint density at radius 3 is 2.41 bits per heavy atom. The van der Waals surface area contributed by atoms with Gasteiger partial charge in [-0.3, -0.25) is 4.79 Å². The largest absolute Gasteiger partial charge is 0.480 e. The second kappa shape index (κ2) is 5.95. The maximum Gasteiger partial charge on any atom is 0.326 e. The molecule has 118 valence electrons. The zero-order chi connectivity index (χ0) is 16.5. The lowest BCUT2D eigenvalue weighted by molar-refractivity contribution is -0.141. The number of hydrogen-bond acceptors (Lipinski definition) is 3. The highest BCUT2D eigenvalue weighted by Crippen LogP contribution is 2.37. The number of hydrogen-bond donors (Lipinski definition) is 1. The Kier molecular flexibility index (Phi) is 4.40. The van der Waals surface area contributed by atoms with Crippen molar-refractivity contribution in [2.75, 3.05) is 6.54 Å². The lowest BCUT2D eigenvalue weighted by atomic mass is 9.92. The zero-order valence-electron chi connectivity index (χ0n) is 13.6. The molecule has 1 fully saturated rings. The molecule has 4 heteroatoms. The van der Waals surface area contributed by atoms with Crippen LogP contribution >= 0.6 is 0 Å². The van der Waals surface area contributed by atoms with Crippen LogP contribution in [0.4, 0.5) is 0 Å². The van der Waals surface area contributed by atoms with E-state index in [9.17, 15) is 14.7 Å². The first kappa shape index (κ1) is 16.3. The summed E-state index contributed by atoms with van der Waals surface area (Å²) >= 11 is 0. The Bertz CT molecular complexity index is 614. The molecule has 1 aliphatic rings. The molecule has 0 saturated carbocycles. The van der Waals surface area contributed by atoms with Crippen LogP contribution in [0.15, 0.2) is 36.0 Å². The van der Waals surface area contributed by atoms with E-state index >= 15 is 0 Å². The summed E-state index contributed by atoms with van der Waals surface area (Å²) in [6, 6.07) is 6.79. The second-order valence-electron chi connectivity index (χ2n) is 6.85. The van der Waals surface area contributed by atoms with Crippen molar-refractivity contribution in [3.8, 4) is 0 Å². The highest BCUT2D eigenvalue weighted by atomic mass is 16.4. The van der Waals surface area contributed by atoms with Gasteiger partial charge in [0.15, 0.2) is 5.78 Å². The number of carbonyl (C=O) groups excluding carboxylic acids is 1. The van der Waals surface area contributed by atoms with Gasteiger partial charge in [0.25, 0.3) is 0 Å². The Labute approximate surface area is 131 Å². The maximum absolute atomic E-state index is 12.4. The molecule has 1 unspecified atom stereocenters. The Morgan fingerprint density at radius 2 is 1.86 bits per heavy atom. The third-order valence-corrected chi connectivity index (χ3v) is 4.09. The van der Waals surface area contributed by atoms with Crippen LogP contribution in [0.2, 0.25) is 0 Å². The van der Waals surface area contributed by atoms with Gasteiger partial charge < -0.3 is 10.0 Å². The highest BCUT2D eigenvalue weighted by molar-refractivity contribution is 6.05. The molecule has 22 heavy (non-hydrogen) atoms. The third-order valence-electron chi connectivity index (χ3n) is 4.09. The lowest BCUT2D eigenvalue weighted by Crippen LogP contribution is -2.37. The Hall–Kier alpha value is -2.10. The first-order valence-electron chi connectivity index (χ1n) is 7.51. The van der Waals surface area contributed by atoms with E-state index in [0.29, 0.717) is 18.5 Å². The van der Waals surface area contributed by atoms with Gasteiger partial charge in [0.2, 0.25) is 0 Å². The van der Waals surface area contributed by atoms with E-state index in [2.05, 4.69) is 13.8 Å². The monoisotopic (exact) mass is 301 g/mol. The van der Waals surface area contributed by atoms with E-state index in [-0.39, 0.29) is 11.2 Å². The van der Waals surface area contributed by atoms with Crippen LogP contribution < -0.4 is 0 Å². The van der Waals surface area contributed by atoms with Crippen molar-refractivity contribution in [1.82, 2.24) is 4.90 Å². The normalized spacial score (nSPS) is 20.2. The minimum absolute atomic E-state index is 0.0247. The highest BCUT2D eigenvalue weighted by Gasteiger charge is 2.37.